The number of amides is 2. The molecule has 0 saturated heterocycles. The number of hydrogen-bond acceptors (Lipinski definition) is 4. The van der Waals surface area contributed by atoms with Crippen molar-refractivity contribution in [1.82, 2.24) is 5.32 Å². The summed E-state index contributed by atoms with van der Waals surface area (Å²) < 4.78 is 5.25. The van der Waals surface area contributed by atoms with Gasteiger partial charge in [0.25, 0.3) is 0 Å². The van der Waals surface area contributed by atoms with Crippen LogP contribution in [0.25, 0.3) is 0 Å². The molecule has 6 heteroatoms. The molecule has 22 heavy (non-hydrogen) atoms. The van der Waals surface area contributed by atoms with Gasteiger partial charge in [-0.3, -0.25) is 9.59 Å². The van der Waals surface area contributed by atoms with E-state index in [2.05, 4.69) is 10.6 Å². The van der Waals surface area contributed by atoms with E-state index in [-0.39, 0.29) is 24.3 Å². The minimum absolute atomic E-state index is 0.135. The molecule has 2 heterocycles. The van der Waals surface area contributed by atoms with Gasteiger partial charge >= 0.3 is 0 Å². The monoisotopic (exact) mass is 316 g/mol. The number of fused-ring (bicyclic) bond motifs is 1. The summed E-state index contributed by atoms with van der Waals surface area (Å²) in [6.45, 7) is 1.85. The maximum absolute atomic E-state index is 12.1. The molecule has 0 saturated carbocycles. The summed E-state index contributed by atoms with van der Waals surface area (Å²) in [4.78, 5) is 25.2. The van der Waals surface area contributed by atoms with Crippen molar-refractivity contribution >= 4 is 29.3 Å². The third-order valence-electron chi connectivity index (χ3n) is 3.42. The van der Waals surface area contributed by atoms with Crippen LogP contribution < -0.4 is 10.6 Å². The zero-order valence-electron chi connectivity index (χ0n) is 12.0. The van der Waals surface area contributed by atoms with Gasteiger partial charge in [0.15, 0.2) is 0 Å². The van der Waals surface area contributed by atoms with Crippen LogP contribution in [0.3, 0.4) is 0 Å². The molecule has 114 valence electrons. The van der Waals surface area contributed by atoms with Crippen molar-refractivity contribution in [3.8, 4) is 0 Å². The molecule has 3 rings (SSSR count). The van der Waals surface area contributed by atoms with Crippen LogP contribution in [0.1, 0.15) is 25.1 Å². The maximum atomic E-state index is 12.1. The molecule has 0 unspecified atom stereocenters. The summed E-state index contributed by atoms with van der Waals surface area (Å²) >= 11 is 1.42. The number of hydrogen-bond donors (Lipinski definition) is 2. The summed E-state index contributed by atoms with van der Waals surface area (Å²) in [5, 5.41) is 5.27. The SMILES string of the molecule is C[C@@H](NC(=O)C[C@H]1Sc2ccccc2NC1=O)c1ccco1. The number of anilines is 1. The van der Waals surface area contributed by atoms with E-state index >= 15 is 0 Å². The first kappa shape index (κ1) is 14.7. The molecule has 2 aromatic rings. The Morgan fingerprint density at radius 1 is 1.36 bits per heavy atom. The standard InChI is InChI=1S/C16H16N2O3S/c1-10(12-6-4-8-21-12)17-15(19)9-14-16(20)18-11-5-2-3-7-13(11)22-14/h2-8,10,14H,9H2,1H3,(H,17,19)(H,18,20)/t10-,14-/m1/s1. The molecule has 1 aliphatic heterocycles. The Kier molecular flexibility index (Phi) is 4.20. The lowest BCUT2D eigenvalue weighted by Gasteiger charge is -2.24. The average molecular weight is 316 g/mol. The van der Waals surface area contributed by atoms with E-state index in [4.69, 9.17) is 4.42 Å². The van der Waals surface area contributed by atoms with Crippen LogP contribution in [0, 0.1) is 0 Å². The Bertz CT molecular complexity index is 684. The van der Waals surface area contributed by atoms with E-state index in [0.29, 0.717) is 5.76 Å². The van der Waals surface area contributed by atoms with Crippen molar-refractivity contribution in [3.05, 3.63) is 48.4 Å². The third kappa shape index (κ3) is 3.17. The lowest BCUT2D eigenvalue weighted by atomic mass is 10.2. The van der Waals surface area contributed by atoms with Crippen LogP contribution in [0.15, 0.2) is 52.0 Å². The van der Waals surface area contributed by atoms with Crippen LogP contribution >= 0.6 is 11.8 Å². The van der Waals surface area contributed by atoms with Crippen molar-refractivity contribution < 1.29 is 14.0 Å². The van der Waals surface area contributed by atoms with E-state index in [1.165, 1.54) is 11.8 Å². The van der Waals surface area contributed by atoms with E-state index < -0.39 is 5.25 Å². The molecular weight excluding hydrogens is 300 g/mol. The van der Waals surface area contributed by atoms with Gasteiger partial charge in [0.05, 0.1) is 23.2 Å². The highest BCUT2D eigenvalue weighted by Gasteiger charge is 2.29. The molecule has 2 N–H and O–H groups in total. The number of thioether (sulfide) groups is 1. The van der Waals surface area contributed by atoms with Crippen molar-refractivity contribution in [2.45, 2.75) is 29.5 Å². The average Bonchev–Trinajstić information content (AvgIpc) is 3.02. The fourth-order valence-electron chi connectivity index (χ4n) is 2.30. The fraction of sp³-hybridized carbons (Fsp3) is 0.250. The number of nitrogens with one attached hydrogen (secondary N) is 2. The second-order valence-electron chi connectivity index (χ2n) is 5.10. The minimum Gasteiger partial charge on any atom is -0.467 e. The first-order chi connectivity index (χ1) is 10.6. The van der Waals surface area contributed by atoms with Crippen molar-refractivity contribution in [3.63, 3.8) is 0 Å². The highest BCUT2D eigenvalue weighted by molar-refractivity contribution is 8.01. The van der Waals surface area contributed by atoms with Crippen molar-refractivity contribution in [2.75, 3.05) is 5.32 Å². The van der Waals surface area contributed by atoms with Crippen LogP contribution in [-0.4, -0.2) is 17.1 Å². The van der Waals surface area contributed by atoms with Gasteiger partial charge in [-0.15, -0.1) is 11.8 Å². The Morgan fingerprint density at radius 2 is 2.18 bits per heavy atom. The fourth-order valence-corrected chi connectivity index (χ4v) is 3.41. The van der Waals surface area contributed by atoms with E-state index in [9.17, 15) is 9.59 Å². The number of rotatable bonds is 4. The topological polar surface area (TPSA) is 71.3 Å². The summed E-state index contributed by atoms with van der Waals surface area (Å²) in [6, 6.07) is 11.0. The molecule has 1 aliphatic rings. The summed E-state index contributed by atoms with van der Waals surface area (Å²) in [5.74, 6) is 0.389. The number of para-hydroxylation sites is 1. The van der Waals surface area contributed by atoms with Crippen LogP contribution in [0.4, 0.5) is 5.69 Å². The Morgan fingerprint density at radius 3 is 2.95 bits per heavy atom. The molecular formula is C16H16N2O3S. The normalized spacial score (nSPS) is 18.2. The van der Waals surface area contributed by atoms with Crippen LogP contribution in [-0.2, 0) is 9.59 Å². The number of carbonyl (C=O) groups excluding carboxylic acids is 2. The summed E-state index contributed by atoms with van der Waals surface area (Å²) in [5.41, 5.74) is 0.804. The number of carbonyl (C=O) groups is 2. The predicted octanol–water partition coefficient (Wildman–Crippen LogP) is 2.96. The van der Waals surface area contributed by atoms with E-state index in [0.717, 1.165) is 10.6 Å². The highest BCUT2D eigenvalue weighted by Crippen LogP contribution is 2.36. The second-order valence-corrected chi connectivity index (χ2v) is 6.35. The quantitative estimate of drug-likeness (QED) is 0.909. The first-order valence-corrected chi connectivity index (χ1v) is 7.91. The molecule has 0 bridgehead atoms. The van der Waals surface area contributed by atoms with Gasteiger partial charge in [-0.2, -0.15) is 0 Å². The highest BCUT2D eigenvalue weighted by atomic mass is 32.2. The van der Waals surface area contributed by atoms with Gasteiger partial charge in [0.1, 0.15) is 5.76 Å². The van der Waals surface area contributed by atoms with E-state index in [1.54, 1.807) is 12.3 Å². The molecule has 2 amide bonds. The lowest BCUT2D eigenvalue weighted by Crippen LogP contribution is -2.35. The molecule has 2 atom stereocenters. The Labute approximate surface area is 132 Å². The zero-order chi connectivity index (χ0) is 15.5. The van der Waals surface area contributed by atoms with Gasteiger partial charge in [-0.05, 0) is 31.2 Å². The molecule has 1 aromatic carbocycles. The van der Waals surface area contributed by atoms with Gasteiger partial charge in [-0.25, -0.2) is 0 Å². The minimum atomic E-state index is -0.418. The molecule has 0 fully saturated rings. The van der Waals surface area contributed by atoms with Crippen molar-refractivity contribution in [2.24, 2.45) is 0 Å². The third-order valence-corrected chi connectivity index (χ3v) is 4.70. The molecule has 1 aromatic heterocycles. The first-order valence-electron chi connectivity index (χ1n) is 7.03. The molecule has 5 nitrogen and oxygen atoms in total. The van der Waals surface area contributed by atoms with Gasteiger partial charge in [-0.1, -0.05) is 12.1 Å². The maximum Gasteiger partial charge on any atom is 0.238 e. The van der Waals surface area contributed by atoms with Gasteiger partial charge in [0.2, 0.25) is 11.8 Å². The largest absolute Gasteiger partial charge is 0.467 e. The second kappa shape index (κ2) is 6.27. The smallest absolute Gasteiger partial charge is 0.238 e. The van der Waals surface area contributed by atoms with Crippen LogP contribution in [0.2, 0.25) is 0 Å². The van der Waals surface area contributed by atoms with Gasteiger partial charge in [0, 0.05) is 11.3 Å². The predicted molar refractivity (Wildman–Crippen MR) is 84.6 cm³/mol. The zero-order valence-corrected chi connectivity index (χ0v) is 12.9. The number of furan rings is 1. The van der Waals surface area contributed by atoms with Crippen molar-refractivity contribution in [1.29, 1.82) is 0 Å². The van der Waals surface area contributed by atoms with E-state index in [1.807, 2.05) is 37.3 Å². The summed E-state index contributed by atoms with van der Waals surface area (Å²) in [7, 11) is 0. The molecule has 0 radical (unpaired) electrons. The number of benzene rings is 1. The summed E-state index contributed by atoms with van der Waals surface area (Å²) in [6.07, 6.45) is 1.70. The Hall–Kier alpha value is -2.21. The lowest BCUT2D eigenvalue weighted by molar-refractivity contribution is -0.124. The van der Waals surface area contributed by atoms with Crippen LogP contribution in [0.5, 0.6) is 0 Å². The van der Waals surface area contributed by atoms with Gasteiger partial charge < -0.3 is 15.1 Å². The molecule has 0 aliphatic carbocycles. The molecule has 0 spiro atoms. The Balaban J connectivity index is 1.61.